The van der Waals surface area contributed by atoms with E-state index in [0.717, 1.165) is 44.1 Å². The molecule has 0 rings (SSSR count). The van der Waals surface area contributed by atoms with Gasteiger partial charge in [0.2, 0.25) is 0 Å². The number of rotatable bonds is 8. The molecule has 0 saturated carbocycles. The fraction of sp³-hybridized carbons (Fsp3) is 0.786. The molecule has 1 heteroatoms. The van der Waals surface area contributed by atoms with Crippen molar-refractivity contribution in [2.75, 3.05) is 0 Å². The summed E-state index contributed by atoms with van der Waals surface area (Å²) in [5.41, 5.74) is 2.54. The van der Waals surface area contributed by atoms with Gasteiger partial charge >= 0.3 is 0 Å². The molecule has 0 atom stereocenters. The highest BCUT2D eigenvalue weighted by Gasteiger charge is 2.09. The topological polar surface area (TPSA) is 17.1 Å². The van der Waals surface area contributed by atoms with Crippen LogP contribution in [-0.2, 0) is 4.79 Å². The van der Waals surface area contributed by atoms with Gasteiger partial charge in [-0.15, -0.1) is 0 Å². The van der Waals surface area contributed by atoms with Gasteiger partial charge in [0.25, 0.3) is 0 Å². The zero-order valence-corrected chi connectivity index (χ0v) is 10.9. The van der Waals surface area contributed by atoms with Crippen molar-refractivity contribution in [1.82, 2.24) is 0 Å². The lowest BCUT2D eigenvalue weighted by Crippen LogP contribution is -2.02. The van der Waals surface area contributed by atoms with Gasteiger partial charge in [0.15, 0.2) is 5.78 Å². The molecule has 0 unspecified atom stereocenters. The molecule has 0 aliphatic heterocycles. The van der Waals surface area contributed by atoms with Crippen LogP contribution in [0.25, 0.3) is 0 Å². The third kappa shape index (κ3) is 5.76. The normalized spacial score (nSPS) is 10.1. The Kier molecular flexibility index (Phi) is 8.35. The van der Waals surface area contributed by atoms with E-state index in [2.05, 4.69) is 20.8 Å². The molecule has 0 aromatic heterocycles. The van der Waals surface area contributed by atoms with E-state index in [-0.39, 0.29) is 0 Å². The van der Waals surface area contributed by atoms with Crippen LogP contribution in [-0.4, -0.2) is 5.78 Å². The van der Waals surface area contributed by atoms with Crippen molar-refractivity contribution in [2.45, 2.75) is 72.6 Å². The first-order chi connectivity index (χ1) is 7.17. The van der Waals surface area contributed by atoms with E-state index >= 15 is 0 Å². The van der Waals surface area contributed by atoms with Crippen molar-refractivity contribution >= 4 is 5.78 Å². The van der Waals surface area contributed by atoms with E-state index < -0.39 is 0 Å². The average molecular weight is 210 g/mol. The van der Waals surface area contributed by atoms with Crippen LogP contribution in [0.1, 0.15) is 72.6 Å². The maximum atomic E-state index is 11.6. The summed E-state index contributed by atoms with van der Waals surface area (Å²) in [5.74, 6) is 0.292. The van der Waals surface area contributed by atoms with Crippen molar-refractivity contribution in [2.24, 2.45) is 0 Å². The number of hydrogen-bond acceptors (Lipinski definition) is 1. The number of carbonyl (C=O) groups excluding carboxylic acids is 1. The molecule has 0 N–H and O–H groups in total. The molecule has 0 bridgehead atoms. The standard InChI is InChI=1S/C14H26O/c1-5-8-11-14(12(4)15)13(9-6-2)10-7-3/h5-11H2,1-4H3. The third-order valence-electron chi connectivity index (χ3n) is 2.74. The van der Waals surface area contributed by atoms with Gasteiger partial charge in [-0.05, 0) is 38.2 Å². The van der Waals surface area contributed by atoms with Gasteiger partial charge in [-0.1, -0.05) is 45.6 Å². The number of carbonyl (C=O) groups is 1. The molecule has 0 spiro atoms. The summed E-state index contributed by atoms with van der Waals surface area (Å²) in [4.78, 5) is 11.6. The molecule has 88 valence electrons. The van der Waals surface area contributed by atoms with Crippen molar-refractivity contribution in [1.29, 1.82) is 0 Å². The zero-order valence-electron chi connectivity index (χ0n) is 10.9. The summed E-state index contributed by atoms with van der Waals surface area (Å²) in [6.07, 6.45) is 7.81. The van der Waals surface area contributed by atoms with Gasteiger partial charge in [-0.3, -0.25) is 4.79 Å². The second-order valence-electron chi connectivity index (χ2n) is 4.24. The van der Waals surface area contributed by atoms with Gasteiger partial charge in [-0.2, -0.15) is 0 Å². The third-order valence-corrected chi connectivity index (χ3v) is 2.74. The lowest BCUT2D eigenvalue weighted by atomic mass is 9.93. The first-order valence-electron chi connectivity index (χ1n) is 6.39. The molecular formula is C14H26O. The molecule has 0 aliphatic carbocycles. The SMILES string of the molecule is CCCCC(C(C)=O)=C(CCC)CCC. The van der Waals surface area contributed by atoms with Crippen LogP contribution in [0.4, 0.5) is 0 Å². The molecular weight excluding hydrogens is 184 g/mol. The largest absolute Gasteiger partial charge is 0.295 e. The van der Waals surface area contributed by atoms with Gasteiger partial charge < -0.3 is 0 Å². The summed E-state index contributed by atoms with van der Waals surface area (Å²) in [6.45, 7) is 8.27. The predicted molar refractivity (Wildman–Crippen MR) is 67.0 cm³/mol. The lowest BCUT2D eigenvalue weighted by molar-refractivity contribution is -0.113. The quantitative estimate of drug-likeness (QED) is 0.532. The molecule has 0 heterocycles. The summed E-state index contributed by atoms with van der Waals surface area (Å²) >= 11 is 0. The molecule has 0 saturated heterocycles. The second kappa shape index (κ2) is 8.70. The van der Waals surface area contributed by atoms with Crippen molar-refractivity contribution in [3.63, 3.8) is 0 Å². The maximum Gasteiger partial charge on any atom is 0.155 e. The first-order valence-corrected chi connectivity index (χ1v) is 6.39. The van der Waals surface area contributed by atoms with Crippen LogP contribution in [0.15, 0.2) is 11.1 Å². The van der Waals surface area contributed by atoms with Crippen LogP contribution < -0.4 is 0 Å². The van der Waals surface area contributed by atoms with Gasteiger partial charge in [0, 0.05) is 0 Å². The molecule has 0 aliphatic rings. The van der Waals surface area contributed by atoms with E-state index in [1.165, 1.54) is 12.0 Å². The minimum absolute atomic E-state index is 0.292. The Morgan fingerprint density at radius 1 is 0.867 bits per heavy atom. The molecule has 0 fully saturated rings. The van der Waals surface area contributed by atoms with E-state index in [1.54, 1.807) is 6.92 Å². The number of allylic oxidation sites excluding steroid dienone is 2. The molecule has 0 aromatic carbocycles. The van der Waals surface area contributed by atoms with Crippen LogP contribution in [0.2, 0.25) is 0 Å². The highest BCUT2D eigenvalue weighted by Crippen LogP contribution is 2.22. The number of ketones is 1. The van der Waals surface area contributed by atoms with E-state index in [9.17, 15) is 4.79 Å². The number of Topliss-reactive ketones (excluding diaryl/α,β-unsaturated/α-hetero) is 1. The van der Waals surface area contributed by atoms with Crippen molar-refractivity contribution in [3.05, 3.63) is 11.1 Å². The Hall–Kier alpha value is -0.590. The van der Waals surface area contributed by atoms with Crippen LogP contribution in [0.5, 0.6) is 0 Å². The van der Waals surface area contributed by atoms with Crippen LogP contribution >= 0.6 is 0 Å². The van der Waals surface area contributed by atoms with Crippen molar-refractivity contribution in [3.8, 4) is 0 Å². The fourth-order valence-corrected chi connectivity index (χ4v) is 1.99. The monoisotopic (exact) mass is 210 g/mol. The smallest absolute Gasteiger partial charge is 0.155 e. The second-order valence-corrected chi connectivity index (χ2v) is 4.24. The zero-order chi connectivity index (χ0) is 11.7. The Morgan fingerprint density at radius 3 is 1.73 bits per heavy atom. The molecule has 0 radical (unpaired) electrons. The molecule has 1 nitrogen and oxygen atoms in total. The highest BCUT2D eigenvalue weighted by molar-refractivity contribution is 5.94. The highest BCUT2D eigenvalue weighted by atomic mass is 16.1. The Morgan fingerprint density at radius 2 is 1.40 bits per heavy atom. The van der Waals surface area contributed by atoms with Crippen LogP contribution in [0.3, 0.4) is 0 Å². The minimum Gasteiger partial charge on any atom is -0.295 e. The predicted octanol–water partition coefficient (Wildman–Crippen LogP) is 4.66. The number of unbranched alkanes of at least 4 members (excludes halogenated alkanes) is 1. The summed E-state index contributed by atoms with van der Waals surface area (Å²) in [7, 11) is 0. The average Bonchev–Trinajstić information content (AvgIpc) is 2.18. The molecule has 0 amide bonds. The van der Waals surface area contributed by atoms with E-state index in [1.807, 2.05) is 0 Å². The van der Waals surface area contributed by atoms with E-state index in [0.29, 0.717) is 5.78 Å². The first kappa shape index (κ1) is 14.4. The van der Waals surface area contributed by atoms with E-state index in [4.69, 9.17) is 0 Å². The molecule has 0 aromatic rings. The van der Waals surface area contributed by atoms with Gasteiger partial charge in [-0.25, -0.2) is 0 Å². The Labute approximate surface area is 95.0 Å². The Bertz CT molecular complexity index is 205. The summed E-state index contributed by atoms with van der Waals surface area (Å²) in [6, 6.07) is 0. The maximum absolute atomic E-state index is 11.6. The summed E-state index contributed by atoms with van der Waals surface area (Å²) < 4.78 is 0. The lowest BCUT2D eigenvalue weighted by Gasteiger charge is -2.12. The van der Waals surface area contributed by atoms with Gasteiger partial charge in [0.05, 0.1) is 0 Å². The Balaban J connectivity index is 4.70. The number of hydrogen-bond donors (Lipinski definition) is 0. The van der Waals surface area contributed by atoms with Gasteiger partial charge in [0.1, 0.15) is 0 Å². The molecule has 15 heavy (non-hydrogen) atoms. The fourth-order valence-electron chi connectivity index (χ4n) is 1.99. The van der Waals surface area contributed by atoms with Crippen molar-refractivity contribution < 1.29 is 4.79 Å². The summed E-state index contributed by atoms with van der Waals surface area (Å²) in [5, 5.41) is 0. The van der Waals surface area contributed by atoms with Crippen LogP contribution in [0, 0.1) is 0 Å². The minimum atomic E-state index is 0.292.